The molecule has 0 atom stereocenters. The Kier molecular flexibility index (Phi) is 3.90. The number of carbonyl (C=O) groups is 1. The molecule has 3 heteroatoms. The molecule has 1 nitrogen and oxygen atoms in total. The number of hydrogen-bond donors (Lipinski definition) is 0. The first-order chi connectivity index (χ1) is 6.22. The summed E-state index contributed by atoms with van der Waals surface area (Å²) in [6.07, 6.45) is 0.714. The van der Waals surface area contributed by atoms with Crippen molar-refractivity contribution in [1.29, 1.82) is 0 Å². The third kappa shape index (κ3) is 3.55. The molecule has 0 N–H and O–H groups in total. The predicted molar refractivity (Wildman–Crippen MR) is 50.4 cm³/mol. The van der Waals surface area contributed by atoms with Crippen molar-refractivity contribution in [1.82, 2.24) is 0 Å². The molecule has 0 aliphatic heterocycles. The maximum atomic E-state index is 12.5. The number of benzene rings is 1. The van der Waals surface area contributed by atoms with Crippen molar-refractivity contribution >= 4 is 17.4 Å². The molecule has 0 saturated heterocycles. The number of rotatable bonds is 4. The minimum absolute atomic E-state index is 0.0848. The van der Waals surface area contributed by atoms with E-state index in [0.717, 1.165) is 5.56 Å². The lowest BCUT2D eigenvalue weighted by molar-refractivity contribution is -0.118. The quantitative estimate of drug-likeness (QED) is 0.683. The van der Waals surface area contributed by atoms with Gasteiger partial charge in [-0.05, 0) is 17.7 Å². The van der Waals surface area contributed by atoms with E-state index in [0.29, 0.717) is 18.7 Å². The summed E-state index contributed by atoms with van der Waals surface area (Å²) < 4.78 is 12.5. The van der Waals surface area contributed by atoms with Gasteiger partial charge in [-0.25, -0.2) is 4.39 Å². The first-order valence-corrected chi connectivity index (χ1v) is 4.58. The largest absolute Gasteiger partial charge is 0.299 e. The van der Waals surface area contributed by atoms with Gasteiger partial charge < -0.3 is 0 Å². The van der Waals surface area contributed by atoms with Gasteiger partial charge in [0.05, 0.1) is 0 Å². The fourth-order valence-corrected chi connectivity index (χ4v) is 1.23. The van der Waals surface area contributed by atoms with Crippen LogP contribution in [0.5, 0.6) is 0 Å². The number of halogens is 2. The molecule has 0 spiro atoms. The molecule has 0 fully saturated rings. The number of ketones is 1. The van der Waals surface area contributed by atoms with Crippen LogP contribution in [0.25, 0.3) is 0 Å². The van der Waals surface area contributed by atoms with Gasteiger partial charge in [0.25, 0.3) is 0 Å². The fraction of sp³-hybridized carbons (Fsp3) is 0.300. The van der Waals surface area contributed by atoms with Crippen LogP contribution in [0.15, 0.2) is 24.3 Å². The van der Waals surface area contributed by atoms with Crippen LogP contribution in [0.2, 0.25) is 0 Å². The van der Waals surface area contributed by atoms with Crippen molar-refractivity contribution < 1.29 is 9.18 Å². The van der Waals surface area contributed by atoms with E-state index < -0.39 is 0 Å². The Labute approximate surface area is 81.5 Å². The van der Waals surface area contributed by atoms with Crippen molar-refractivity contribution in [3.63, 3.8) is 0 Å². The van der Waals surface area contributed by atoms with Crippen LogP contribution in [0.3, 0.4) is 0 Å². The normalized spacial score (nSPS) is 10.0. The van der Waals surface area contributed by atoms with Gasteiger partial charge in [0.2, 0.25) is 0 Å². The van der Waals surface area contributed by atoms with Crippen LogP contribution in [-0.2, 0) is 11.2 Å². The Morgan fingerprint density at radius 3 is 2.46 bits per heavy atom. The van der Waals surface area contributed by atoms with E-state index in [1.807, 2.05) is 0 Å². The molecular formula is C10H10ClFO. The number of alkyl halides is 1. The molecule has 1 aromatic rings. The molecule has 0 unspecified atom stereocenters. The third-order valence-corrected chi connectivity index (χ3v) is 1.88. The zero-order chi connectivity index (χ0) is 9.68. The molecule has 0 aliphatic rings. The Morgan fingerprint density at radius 1 is 1.31 bits per heavy atom. The summed E-state index contributed by atoms with van der Waals surface area (Å²) >= 11 is 5.41. The molecular weight excluding hydrogens is 191 g/mol. The Hall–Kier alpha value is -0.890. The fourth-order valence-electron chi connectivity index (χ4n) is 1.02. The number of Topliss-reactive ketones (excluding diaryl/α,β-unsaturated/α-hetero) is 1. The van der Waals surface area contributed by atoms with Crippen molar-refractivity contribution in [2.75, 3.05) is 5.88 Å². The highest BCUT2D eigenvalue weighted by Gasteiger charge is 2.02. The Bertz CT molecular complexity index is 281. The van der Waals surface area contributed by atoms with Crippen molar-refractivity contribution in [2.24, 2.45) is 0 Å². The number of carbonyl (C=O) groups excluding carboxylic acids is 1. The summed E-state index contributed by atoms with van der Waals surface area (Å²) in [6.45, 7) is 0. The lowest BCUT2D eigenvalue weighted by atomic mass is 10.1. The van der Waals surface area contributed by atoms with Crippen molar-refractivity contribution in [2.45, 2.75) is 12.8 Å². The molecule has 1 aromatic carbocycles. The summed E-state index contributed by atoms with van der Waals surface area (Å²) in [5.74, 6) is 0.148. The van der Waals surface area contributed by atoms with Gasteiger partial charge in [-0.3, -0.25) is 4.79 Å². The molecule has 0 radical (unpaired) electrons. The lowest BCUT2D eigenvalue weighted by Gasteiger charge is -1.98. The maximum Gasteiger partial charge on any atom is 0.138 e. The van der Waals surface area contributed by atoms with Gasteiger partial charge in [0, 0.05) is 18.7 Å². The number of hydrogen-bond acceptors (Lipinski definition) is 1. The Balaban J connectivity index is 2.54. The second-order valence-electron chi connectivity index (χ2n) is 2.78. The predicted octanol–water partition coefficient (Wildman–Crippen LogP) is 2.57. The second kappa shape index (κ2) is 4.97. The van der Waals surface area contributed by atoms with Crippen molar-refractivity contribution in [3.05, 3.63) is 35.6 Å². The monoisotopic (exact) mass is 200 g/mol. The van der Waals surface area contributed by atoms with Crippen LogP contribution in [0.1, 0.15) is 12.0 Å². The first kappa shape index (κ1) is 10.2. The first-order valence-electron chi connectivity index (χ1n) is 4.04. The van der Waals surface area contributed by atoms with Gasteiger partial charge in [0.15, 0.2) is 0 Å². The topological polar surface area (TPSA) is 17.1 Å². The molecule has 0 saturated carbocycles. The van der Waals surface area contributed by atoms with Crippen LogP contribution in [0, 0.1) is 5.82 Å². The van der Waals surface area contributed by atoms with Crippen LogP contribution >= 0.6 is 11.6 Å². The zero-order valence-electron chi connectivity index (χ0n) is 7.09. The molecule has 0 aliphatic carbocycles. The average molecular weight is 201 g/mol. The summed E-state index contributed by atoms with van der Waals surface area (Å²) in [4.78, 5) is 11.1. The van der Waals surface area contributed by atoms with Crippen LogP contribution < -0.4 is 0 Å². The highest BCUT2D eigenvalue weighted by atomic mass is 35.5. The third-order valence-electron chi connectivity index (χ3n) is 1.69. The van der Waals surface area contributed by atoms with Gasteiger partial charge >= 0.3 is 0 Å². The smallest absolute Gasteiger partial charge is 0.138 e. The molecule has 13 heavy (non-hydrogen) atoms. The molecule has 0 aromatic heterocycles. The highest BCUT2D eigenvalue weighted by molar-refractivity contribution is 6.19. The van der Waals surface area contributed by atoms with E-state index in [9.17, 15) is 9.18 Å². The van der Waals surface area contributed by atoms with Crippen LogP contribution in [-0.4, -0.2) is 11.7 Å². The minimum atomic E-state index is -0.284. The van der Waals surface area contributed by atoms with Gasteiger partial charge in [0.1, 0.15) is 11.6 Å². The van der Waals surface area contributed by atoms with Gasteiger partial charge in [-0.15, -0.1) is 11.6 Å². The summed E-state index contributed by atoms with van der Waals surface area (Å²) in [6, 6.07) is 5.93. The van der Waals surface area contributed by atoms with E-state index in [-0.39, 0.29) is 11.6 Å². The zero-order valence-corrected chi connectivity index (χ0v) is 7.85. The highest BCUT2D eigenvalue weighted by Crippen LogP contribution is 2.05. The summed E-state index contributed by atoms with van der Waals surface area (Å²) in [7, 11) is 0. The molecule has 0 bridgehead atoms. The lowest BCUT2D eigenvalue weighted by Crippen LogP contribution is -2.02. The average Bonchev–Trinajstić information content (AvgIpc) is 2.09. The minimum Gasteiger partial charge on any atom is -0.299 e. The van der Waals surface area contributed by atoms with E-state index in [1.54, 1.807) is 12.1 Å². The molecule has 0 amide bonds. The second-order valence-corrected chi connectivity index (χ2v) is 3.16. The van der Waals surface area contributed by atoms with E-state index in [4.69, 9.17) is 11.6 Å². The van der Waals surface area contributed by atoms with Gasteiger partial charge in [-0.1, -0.05) is 12.1 Å². The van der Waals surface area contributed by atoms with E-state index in [1.165, 1.54) is 12.1 Å². The SMILES string of the molecule is O=C(CCCl)Cc1ccc(F)cc1. The summed E-state index contributed by atoms with van der Waals surface area (Å²) in [5, 5.41) is 0. The Morgan fingerprint density at radius 2 is 1.92 bits per heavy atom. The van der Waals surface area contributed by atoms with E-state index in [2.05, 4.69) is 0 Å². The van der Waals surface area contributed by atoms with Crippen LogP contribution in [0.4, 0.5) is 4.39 Å². The molecule has 1 rings (SSSR count). The maximum absolute atomic E-state index is 12.5. The standard InChI is InChI=1S/C10H10ClFO/c11-6-5-10(13)7-8-1-3-9(12)4-2-8/h1-4H,5-7H2. The van der Waals surface area contributed by atoms with Crippen molar-refractivity contribution in [3.8, 4) is 0 Å². The molecule has 0 heterocycles. The molecule has 70 valence electrons. The van der Waals surface area contributed by atoms with Gasteiger partial charge in [-0.2, -0.15) is 0 Å². The summed E-state index contributed by atoms with van der Waals surface area (Å²) in [5.41, 5.74) is 0.830. The van der Waals surface area contributed by atoms with E-state index >= 15 is 0 Å².